The summed E-state index contributed by atoms with van der Waals surface area (Å²) in [5, 5.41) is 16.7. The molecule has 1 N–H and O–H groups in total. The van der Waals surface area contributed by atoms with E-state index >= 15 is 0 Å². The van der Waals surface area contributed by atoms with Crippen molar-refractivity contribution < 1.29 is 9.72 Å². The molecular formula is C21H20N4O3S. The van der Waals surface area contributed by atoms with Gasteiger partial charge in [0.2, 0.25) is 0 Å². The summed E-state index contributed by atoms with van der Waals surface area (Å²) in [7, 11) is 0. The van der Waals surface area contributed by atoms with E-state index in [2.05, 4.69) is 16.9 Å². The van der Waals surface area contributed by atoms with E-state index in [0.29, 0.717) is 17.4 Å². The van der Waals surface area contributed by atoms with Crippen molar-refractivity contribution in [3.63, 3.8) is 0 Å². The molecule has 148 valence electrons. The van der Waals surface area contributed by atoms with Gasteiger partial charge in [0.25, 0.3) is 11.6 Å². The highest BCUT2D eigenvalue weighted by atomic mass is 32.1. The van der Waals surface area contributed by atoms with Crippen LogP contribution in [0.15, 0.2) is 66.6 Å². The first kappa shape index (κ1) is 20.2. The van der Waals surface area contributed by atoms with Gasteiger partial charge >= 0.3 is 0 Å². The highest BCUT2D eigenvalue weighted by molar-refractivity contribution is 7.14. The summed E-state index contributed by atoms with van der Waals surface area (Å²) in [6, 6.07) is 14.1. The number of hydrogen-bond donors (Lipinski definition) is 1. The topological polar surface area (TPSA) is 88.4 Å². The first-order valence-electron chi connectivity index (χ1n) is 9.01. The van der Waals surface area contributed by atoms with Crippen LogP contribution in [0.2, 0.25) is 0 Å². The predicted molar refractivity (Wildman–Crippen MR) is 117 cm³/mol. The number of benzene rings is 2. The number of aromatic nitrogens is 1. The highest BCUT2D eigenvalue weighted by Crippen LogP contribution is 2.30. The number of anilines is 2. The fourth-order valence-corrected chi connectivity index (χ4v) is 3.66. The SMILES string of the molecule is C=CCN(C(=O)c1ccc(NCC)c([N+](=O)[O-])c1)c1nc(-c2ccccc2)cs1. The molecule has 0 atom stereocenters. The Morgan fingerprint density at radius 1 is 1.31 bits per heavy atom. The Morgan fingerprint density at radius 3 is 2.72 bits per heavy atom. The van der Waals surface area contributed by atoms with E-state index in [0.717, 1.165) is 11.3 Å². The Bertz CT molecular complexity index is 1030. The Morgan fingerprint density at radius 2 is 2.07 bits per heavy atom. The normalized spacial score (nSPS) is 10.4. The summed E-state index contributed by atoms with van der Waals surface area (Å²) in [4.78, 5) is 30.1. The van der Waals surface area contributed by atoms with Gasteiger partial charge in [-0.2, -0.15) is 0 Å². The van der Waals surface area contributed by atoms with Crippen molar-refractivity contribution in [3.8, 4) is 11.3 Å². The second-order valence-corrected chi connectivity index (χ2v) is 6.94. The van der Waals surface area contributed by atoms with E-state index in [-0.39, 0.29) is 23.7 Å². The Balaban J connectivity index is 1.94. The van der Waals surface area contributed by atoms with Gasteiger partial charge in [0.15, 0.2) is 5.13 Å². The minimum absolute atomic E-state index is 0.139. The van der Waals surface area contributed by atoms with Gasteiger partial charge in [0.05, 0.1) is 10.6 Å². The molecule has 29 heavy (non-hydrogen) atoms. The van der Waals surface area contributed by atoms with Crippen molar-refractivity contribution >= 4 is 33.8 Å². The summed E-state index contributed by atoms with van der Waals surface area (Å²) in [6.07, 6.45) is 1.60. The van der Waals surface area contributed by atoms with Crippen LogP contribution < -0.4 is 10.2 Å². The zero-order valence-electron chi connectivity index (χ0n) is 15.9. The number of rotatable bonds is 8. The van der Waals surface area contributed by atoms with Crippen molar-refractivity contribution in [2.24, 2.45) is 0 Å². The maximum absolute atomic E-state index is 13.1. The van der Waals surface area contributed by atoms with Gasteiger partial charge in [-0.25, -0.2) is 4.98 Å². The maximum Gasteiger partial charge on any atom is 0.293 e. The lowest BCUT2D eigenvalue weighted by Gasteiger charge is -2.18. The number of carbonyl (C=O) groups excluding carboxylic acids is 1. The van der Waals surface area contributed by atoms with Gasteiger partial charge in [-0.3, -0.25) is 19.8 Å². The number of nitrogens with zero attached hydrogens (tertiary/aromatic N) is 3. The number of carbonyl (C=O) groups is 1. The van der Waals surface area contributed by atoms with E-state index in [9.17, 15) is 14.9 Å². The van der Waals surface area contributed by atoms with Gasteiger partial charge in [-0.1, -0.05) is 36.4 Å². The highest BCUT2D eigenvalue weighted by Gasteiger charge is 2.23. The van der Waals surface area contributed by atoms with E-state index in [1.807, 2.05) is 42.6 Å². The monoisotopic (exact) mass is 408 g/mol. The number of hydrogen-bond acceptors (Lipinski definition) is 6. The Hall–Kier alpha value is -3.52. The van der Waals surface area contributed by atoms with E-state index in [1.165, 1.54) is 22.3 Å². The molecule has 0 radical (unpaired) electrons. The van der Waals surface area contributed by atoms with Gasteiger partial charge in [-0.15, -0.1) is 17.9 Å². The smallest absolute Gasteiger partial charge is 0.293 e. The summed E-state index contributed by atoms with van der Waals surface area (Å²) in [5.74, 6) is -0.370. The largest absolute Gasteiger partial charge is 0.380 e. The summed E-state index contributed by atoms with van der Waals surface area (Å²) >= 11 is 1.34. The Labute approximate surface area is 172 Å². The zero-order chi connectivity index (χ0) is 20.8. The van der Waals surface area contributed by atoms with Crippen LogP contribution in [0.25, 0.3) is 11.3 Å². The van der Waals surface area contributed by atoms with E-state index in [4.69, 9.17) is 0 Å². The summed E-state index contributed by atoms with van der Waals surface area (Å²) in [5.41, 5.74) is 2.18. The average molecular weight is 408 g/mol. The van der Waals surface area contributed by atoms with Crippen molar-refractivity contribution in [1.82, 2.24) is 4.98 Å². The van der Waals surface area contributed by atoms with Crippen molar-refractivity contribution in [3.05, 3.63) is 82.2 Å². The summed E-state index contributed by atoms with van der Waals surface area (Å²) in [6.45, 7) is 6.34. The molecule has 1 amide bonds. The second-order valence-electron chi connectivity index (χ2n) is 6.11. The molecule has 7 nitrogen and oxygen atoms in total. The lowest BCUT2D eigenvalue weighted by Crippen LogP contribution is -2.31. The molecule has 0 aliphatic heterocycles. The van der Waals surface area contributed by atoms with Crippen LogP contribution in [-0.2, 0) is 0 Å². The number of nitrogens with one attached hydrogen (secondary N) is 1. The molecule has 0 bridgehead atoms. The van der Waals surface area contributed by atoms with E-state index in [1.54, 1.807) is 18.2 Å². The van der Waals surface area contributed by atoms with Crippen LogP contribution >= 0.6 is 11.3 Å². The minimum Gasteiger partial charge on any atom is -0.380 e. The van der Waals surface area contributed by atoms with Crippen LogP contribution in [0, 0.1) is 10.1 Å². The van der Waals surface area contributed by atoms with Crippen molar-refractivity contribution in [2.75, 3.05) is 23.3 Å². The van der Waals surface area contributed by atoms with Crippen LogP contribution in [0.5, 0.6) is 0 Å². The molecule has 0 aliphatic rings. The van der Waals surface area contributed by atoms with Crippen LogP contribution in [0.3, 0.4) is 0 Å². The van der Waals surface area contributed by atoms with Crippen LogP contribution in [0.1, 0.15) is 17.3 Å². The third-order valence-electron chi connectivity index (χ3n) is 4.16. The fourth-order valence-electron chi connectivity index (χ4n) is 2.82. The quantitative estimate of drug-likeness (QED) is 0.322. The first-order chi connectivity index (χ1) is 14.0. The molecule has 3 aromatic rings. The minimum atomic E-state index is -0.497. The van der Waals surface area contributed by atoms with Gasteiger partial charge < -0.3 is 5.32 Å². The molecule has 0 aliphatic carbocycles. The molecule has 2 aromatic carbocycles. The molecule has 1 aromatic heterocycles. The maximum atomic E-state index is 13.1. The molecule has 0 spiro atoms. The van der Waals surface area contributed by atoms with E-state index < -0.39 is 4.92 Å². The molecule has 8 heteroatoms. The van der Waals surface area contributed by atoms with Gasteiger partial charge in [0.1, 0.15) is 5.69 Å². The number of nitro benzene ring substituents is 1. The van der Waals surface area contributed by atoms with Gasteiger partial charge in [-0.05, 0) is 19.1 Å². The fraction of sp³-hybridized carbons (Fsp3) is 0.143. The Kier molecular flexibility index (Phi) is 6.36. The van der Waals surface area contributed by atoms with Crippen LogP contribution in [-0.4, -0.2) is 28.9 Å². The molecule has 0 saturated carbocycles. The van der Waals surface area contributed by atoms with Crippen LogP contribution in [0.4, 0.5) is 16.5 Å². The molecule has 0 fully saturated rings. The molecule has 3 rings (SSSR count). The lowest BCUT2D eigenvalue weighted by atomic mass is 10.1. The van der Waals surface area contributed by atoms with Crippen molar-refractivity contribution in [1.29, 1.82) is 0 Å². The summed E-state index contributed by atoms with van der Waals surface area (Å²) < 4.78 is 0. The molecule has 0 saturated heterocycles. The predicted octanol–water partition coefficient (Wildman–Crippen LogP) is 4.98. The second kappa shape index (κ2) is 9.11. The number of amides is 1. The zero-order valence-corrected chi connectivity index (χ0v) is 16.7. The third-order valence-corrected chi connectivity index (χ3v) is 5.02. The molecule has 0 unspecified atom stereocenters. The van der Waals surface area contributed by atoms with Crippen molar-refractivity contribution in [2.45, 2.75) is 6.92 Å². The number of nitro groups is 1. The van der Waals surface area contributed by atoms with Gasteiger partial charge in [0, 0.05) is 35.7 Å². The third kappa shape index (κ3) is 4.49. The first-order valence-corrected chi connectivity index (χ1v) is 9.89. The molecular weight excluding hydrogens is 388 g/mol. The standard InChI is InChI=1S/C21H20N4O3S/c1-3-12-24(21-23-18(14-29-21)15-8-6-5-7-9-15)20(26)16-10-11-17(22-4-2)19(13-16)25(27)28/h3,5-11,13-14,22H,1,4,12H2,2H3. The number of thiazole rings is 1. The average Bonchev–Trinajstić information content (AvgIpc) is 3.22. The lowest BCUT2D eigenvalue weighted by molar-refractivity contribution is -0.384. The molecule has 1 heterocycles.